The number of likely N-dealkylation sites (N-methyl/N-ethyl adjacent to an activating group) is 1. The number of nitrogens with zero attached hydrogens (tertiary/aromatic N) is 1. The third-order valence-corrected chi connectivity index (χ3v) is 6.30. The van der Waals surface area contributed by atoms with E-state index >= 15 is 0 Å². The predicted molar refractivity (Wildman–Crippen MR) is 121 cm³/mol. The Kier molecular flexibility index (Phi) is 7.43. The van der Waals surface area contributed by atoms with Crippen LogP contribution in [0.15, 0.2) is 42.5 Å². The van der Waals surface area contributed by atoms with Crippen LogP contribution in [0.1, 0.15) is 76.8 Å². The van der Waals surface area contributed by atoms with E-state index in [1.807, 2.05) is 43.3 Å². The lowest BCUT2D eigenvalue weighted by atomic mass is 9.83. The third-order valence-electron chi connectivity index (χ3n) is 6.30. The van der Waals surface area contributed by atoms with E-state index in [1.54, 1.807) is 20.1 Å². The van der Waals surface area contributed by atoms with Crippen molar-refractivity contribution in [2.45, 2.75) is 57.4 Å². The Balaban J connectivity index is 1.82. The fourth-order valence-electron chi connectivity index (χ4n) is 4.42. The van der Waals surface area contributed by atoms with Gasteiger partial charge in [0.25, 0.3) is 0 Å². The van der Waals surface area contributed by atoms with Gasteiger partial charge in [-0.25, -0.2) is 0 Å². The lowest BCUT2D eigenvalue weighted by molar-refractivity contribution is 0.0874. The van der Waals surface area contributed by atoms with E-state index in [4.69, 9.17) is 4.74 Å². The highest BCUT2D eigenvalue weighted by atomic mass is 16.5. The summed E-state index contributed by atoms with van der Waals surface area (Å²) in [5.41, 5.74) is 3.59. The highest BCUT2D eigenvalue weighted by molar-refractivity contribution is 6.00. The van der Waals surface area contributed by atoms with Crippen LogP contribution < -0.4 is 4.74 Å². The summed E-state index contributed by atoms with van der Waals surface area (Å²) in [7, 11) is 5.45. The van der Waals surface area contributed by atoms with E-state index in [-0.39, 0.29) is 17.6 Å². The summed E-state index contributed by atoms with van der Waals surface area (Å²) in [6, 6.07) is 13.3. The predicted octanol–water partition coefficient (Wildman–Crippen LogP) is 5.30. The fourth-order valence-corrected chi connectivity index (χ4v) is 4.42. The molecule has 4 heteroatoms. The summed E-state index contributed by atoms with van der Waals surface area (Å²) in [5.74, 6) is 1.42. The Hall–Kier alpha value is -2.46. The van der Waals surface area contributed by atoms with Gasteiger partial charge in [-0.1, -0.05) is 43.5 Å². The summed E-state index contributed by atoms with van der Waals surface area (Å²) in [6.45, 7) is 1.55. The first-order valence-corrected chi connectivity index (χ1v) is 10.9. The van der Waals surface area contributed by atoms with E-state index in [9.17, 15) is 9.59 Å². The van der Waals surface area contributed by atoms with Crippen LogP contribution in [-0.2, 0) is 6.42 Å². The van der Waals surface area contributed by atoms with E-state index in [0.29, 0.717) is 23.7 Å². The fraction of sp³-hybridized carbons (Fsp3) is 0.462. The molecule has 4 nitrogen and oxygen atoms in total. The number of Topliss-reactive ketones (excluding diaryl/α,β-unsaturated/α-hetero) is 2. The average molecular weight is 408 g/mol. The molecular formula is C26H33NO3. The maximum absolute atomic E-state index is 13.3. The molecule has 3 rings (SSSR count). The van der Waals surface area contributed by atoms with Crippen molar-refractivity contribution in [3.63, 3.8) is 0 Å². The Labute approximate surface area is 180 Å². The molecular weight excluding hydrogens is 374 g/mol. The van der Waals surface area contributed by atoms with Crippen molar-refractivity contribution >= 4 is 11.6 Å². The van der Waals surface area contributed by atoms with E-state index < -0.39 is 0 Å². The Morgan fingerprint density at radius 3 is 2.20 bits per heavy atom. The standard InChI is InChI=1S/C26H33NO3/c1-18(28)22-14-15-25(30-4)23(16-22)17-24(27(2)3)26(29)21-12-10-20(11-13-21)19-8-6-5-7-9-19/h10-16,19,24H,5-9,17H2,1-4H3/t24-/m1/s1. The number of hydrogen-bond donors (Lipinski definition) is 0. The first-order chi connectivity index (χ1) is 14.4. The second kappa shape index (κ2) is 10.0. The third kappa shape index (κ3) is 5.17. The molecule has 0 aliphatic heterocycles. The molecule has 1 aliphatic carbocycles. The summed E-state index contributed by atoms with van der Waals surface area (Å²) < 4.78 is 5.49. The largest absolute Gasteiger partial charge is 0.496 e. The highest BCUT2D eigenvalue weighted by Crippen LogP contribution is 2.33. The molecule has 1 atom stereocenters. The maximum atomic E-state index is 13.3. The molecule has 0 amide bonds. The first kappa shape index (κ1) is 22.2. The molecule has 1 saturated carbocycles. The van der Waals surface area contributed by atoms with Crippen LogP contribution in [0.4, 0.5) is 0 Å². The summed E-state index contributed by atoms with van der Waals surface area (Å²) in [5, 5.41) is 0. The average Bonchev–Trinajstić information content (AvgIpc) is 2.77. The van der Waals surface area contributed by atoms with Gasteiger partial charge in [0, 0.05) is 11.1 Å². The zero-order valence-electron chi connectivity index (χ0n) is 18.6. The number of rotatable bonds is 8. The monoisotopic (exact) mass is 407 g/mol. The van der Waals surface area contributed by atoms with Gasteiger partial charge in [0.2, 0.25) is 0 Å². The minimum atomic E-state index is -0.332. The minimum Gasteiger partial charge on any atom is -0.496 e. The molecule has 0 bridgehead atoms. The summed E-state index contributed by atoms with van der Waals surface area (Å²) in [6.07, 6.45) is 6.93. The summed E-state index contributed by atoms with van der Waals surface area (Å²) >= 11 is 0. The van der Waals surface area contributed by atoms with Crippen LogP contribution in [0.25, 0.3) is 0 Å². The number of carbonyl (C=O) groups excluding carboxylic acids is 2. The Bertz CT molecular complexity index is 880. The van der Waals surface area contributed by atoms with Crippen LogP contribution in [0.2, 0.25) is 0 Å². The van der Waals surface area contributed by atoms with Gasteiger partial charge < -0.3 is 4.74 Å². The molecule has 0 unspecified atom stereocenters. The molecule has 2 aromatic rings. The van der Waals surface area contributed by atoms with Crippen molar-refractivity contribution in [2.24, 2.45) is 0 Å². The molecule has 0 radical (unpaired) electrons. The van der Waals surface area contributed by atoms with Crippen LogP contribution in [0.3, 0.4) is 0 Å². The smallest absolute Gasteiger partial charge is 0.180 e. The van der Waals surface area contributed by atoms with E-state index in [2.05, 4.69) is 12.1 Å². The van der Waals surface area contributed by atoms with Crippen molar-refractivity contribution in [2.75, 3.05) is 21.2 Å². The number of ketones is 2. The molecule has 0 N–H and O–H groups in total. The molecule has 2 aromatic carbocycles. The van der Waals surface area contributed by atoms with Gasteiger partial charge in [0.1, 0.15) is 5.75 Å². The van der Waals surface area contributed by atoms with Crippen LogP contribution >= 0.6 is 0 Å². The van der Waals surface area contributed by atoms with Gasteiger partial charge in [-0.2, -0.15) is 0 Å². The topological polar surface area (TPSA) is 46.6 Å². The zero-order chi connectivity index (χ0) is 21.7. The lowest BCUT2D eigenvalue weighted by Gasteiger charge is -2.25. The van der Waals surface area contributed by atoms with Gasteiger partial charge in [-0.3, -0.25) is 14.5 Å². The minimum absolute atomic E-state index is 0.00457. The molecule has 30 heavy (non-hydrogen) atoms. The number of benzene rings is 2. The molecule has 160 valence electrons. The first-order valence-electron chi connectivity index (χ1n) is 10.9. The van der Waals surface area contributed by atoms with Crippen LogP contribution in [-0.4, -0.2) is 43.7 Å². The Morgan fingerprint density at radius 2 is 1.63 bits per heavy atom. The number of carbonyl (C=O) groups is 2. The second-order valence-electron chi connectivity index (χ2n) is 8.59. The van der Waals surface area contributed by atoms with E-state index in [1.165, 1.54) is 37.7 Å². The highest BCUT2D eigenvalue weighted by Gasteiger charge is 2.25. The van der Waals surface area contributed by atoms with Gasteiger partial charge >= 0.3 is 0 Å². The molecule has 0 heterocycles. The summed E-state index contributed by atoms with van der Waals surface area (Å²) in [4.78, 5) is 27.1. The molecule has 0 saturated heterocycles. The Morgan fingerprint density at radius 1 is 1.00 bits per heavy atom. The van der Waals surface area contributed by atoms with Crippen LogP contribution in [0, 0.1) is 0 Å². The normalized spacial score (nSPS) is 15.8. The van der Waals surface area contributed by atoms with Crippen molar-refractivity contribution in [3.8, 4) is 5.75 Å². The number of ether oxygens (including phenoxy) is 1. The van der Waals surface area contributed by atoms with Gasteiger partial charge in [-0.15, -0.1) is 0 Å². The van der Waals surface area contributed by atoms with Gasteiger partial charge in [0.15, 0.2) is 11.6 Å². The van der Waals surface area contributed by atoms with Crippen molar-refractivity contribution in [3.05, 3.63) is 64.7 Å². The lowest BCUT2D eigenvalue weighted by Crippen LogP contribution is -2.38. The van der Waals surface area contributed by atoms with Gasteiger partial charge in [0.05, 0.1) is 13.2 Å². The SMILES string of the molecule is COc1ccc(C(C)=O)cc1C[C@H](C(=O)c1ccc(C2CCCCC2)cc1)N(C)C. The number of methoxy groups -OCH3 is 1. The second-order valence-corrected chi connectivity index (χ2v) is 8.59. The van der Waals surface area contributed by atoms with Crippen LogP contribution in [0.5, 0.6) is 5.75 Å². The molecule has 1 fully saturated rings. The van der Waals surface area contributed by atoms with E-state index in [0.717, 1.165) is 11.1 Å². The van der Waals surface area contributed by atoms with Gasteiger partial charge in [-0.05, 0) is 75.5 Å². The van der Waals surface area contributed by atoms with Crippen molar-refractivity contribution in [1.29, 1.82) is 0 Å². The quantitative estimate of drug-likeness (QED) is 0.557. The number of hydrogen-bond acceptors (Lipinski definition) is 4. The molecule has 0 aromatic heterocycles. The molecule has 0 spiro atoms. The van der Waals surface area contributed by atoms with Crippen molar-refractivity contribution in [1.82, 2.24) is 4.90 Å². The van der Waals surface area contributed by atoms with Crippen molar-refractivity contribution < 1.29 is 14.3 Å². The maximum Gasteiger partial charge on any atom is 0.180 e. The molecule has 1 aliphatic rings. The zero-order valence-corrected chi connectivity index (χ0v) is 18.6.